The first kappa shape index (κ1) is 27.4. The van der Waals surface area contributed by atoms with Crippen LogP contribution in [0, 0.1) is 0 Å². The molecule has 0 saturated heterocycles. The SMILES string of the molecule is C=CC(=O)OCCOCCOCCOCCOCCOCCOCCC(=O)OC. The summed E-state index contributed by atoms with van der Waals surface area (Å²) < 4.78 is 41.1. The molecule has 0 bridgehead atoms. The van der Waals surface area contributed by atoms with Crippen molar-refractivity contribution in [3.05, 3.63) is 12.7 Å². The summed E-state index contributed by atoms with van der Waals surface area (Å²) in [6, 6.07) is 0. The Morgan fingerprint density at radius 1 is 0.621 bits per heavy atom. The van der Waals surface area contributed by atoms with Crippen LogP contribution in [0.5, 0.6) is 0 Å². The molecule has 0 aromatic carbocycles. The number of carbonyl (C=O) groups is 2. The first-order valence-electron chi connectivity index (χ1n) is 9.53. The third-order valence-corrected chi connectivity index (χ3v) is 3.18. The number of ether oxygens (including phenoxy) is 8. The van der Waals surface area contributed by atoms with E-state index < -0.39 is 5.97 Å². The molecular weight excluding hydrogens is 388 g/mol. The van der Waals surface area contributed by atoms with Gasteiger partial charge in [0.1, 0.15) is 6.61 Å². The van der Waals surface area contributed by atoms with E-state index in [0.717, 1.165) is 6.08 Å². The van der Waals surface area contributed by atoms with Crippen LogP contribution in [0.15, 0.2) is 12.7 Å². The Hall–Kier alpha value is -1.56. The molecule has 0 aliphatic rings. The standard InChI is InChI=1S/C19H34O10/c1-3-18(20)29-17-16-28-15-14-27-13-12-26-11-10-25-9-8-24-7-6-23-5-4-19(21)22-2/h3H,1,4-17H2,2H3. The van der Waals surface area contributed by atoms with Crippen molar-refractivity contribution in [2.45, 2.75) is 6.42 Å². The molecule has 0 fully saturated rings. The lowest BCUT2D eigenvalue weighted by Crippen LogP contribution is -2.15. The summed E-state index contributed by atoms with van der Waals surface area (Å²) in [5.74, 6) is -0.750. The summed E-state index contributed by atoms with van der Waals surface area (Å²) in [7, 11) is 1.35. The average molecular weight is 422 g/mol. The van der Waals surface area contributed by atoms with E-state index in [-0.39, 0.29) is 19.0 Å². The highest BCUT2D eigenvalue weighted by molar-refractivity contribution is 5.81. The lowest BCUT2D eigenvalue weighted by Gasteiger charge is -2.08. The summed E-state index contributed by atoms with van der Waals surface area (Å²) in [4.78, 5) is 21.6. The summed E-state index contributed by atoms with van der Waals surface area (Å²) >= 11 is 0. The van der Waals surface area contributed by atoms with Crippen LogP contribution >= 0.6 is 0 Å². The minimum atomic E-state index is -0.461. The first-order valence-corrected chi connectivity index (χ1v) is 9.53. The van der Waals surface area contributed by atoms with E-state index >= 15 is 0 Å². The van der Waals surface area contributed by atoms with Crippen molar-refractivity contribution >= 4 is 11.9 Å². The normalized spacial score (nSPS) is 10.7. The highest BCUT2D eigenvalue weighted by Crippen LogP contribution is 1.88. The highest BCUT2D eigenvalue weighted by Gasteiger charge is 1.99. The fourth-order valence-corrected chi connectivity index (χ4v) is 1.72. The van der Waals surface area contributed by atoms with Gasteiger partial charge < -0.3 is 37.9 Å². The maximum absolute atomic E-state index is 10.8. The lowest BCUT2D eigenvalue weighted by molar-refractivity contribution is -0.142. The Balaban J connectivity index is 3.06. The highest BCUT2D eigenvalue weighted by atomic mass is 16.6. The van der Waals surface area contributed by atoms with Crippen LogP contribution < -0.4 is 0 Å². The van der Waals surface area contributed by atoms with Gasteiger partial charge in [-0.3, -0.25) is 4.79 Å². The second-order valence-electron chi connectivity index (χ2n) is 5.37. The van der Waals surface area contributed by atoms with Crippen LogP contribution in [-0.2, 0) is 47.5 Å². The first-order chi connectivity index (χ1) is 14.2. The molecule has 29 heavy (non-hydrogen) atoms. The van der Waals surface area contributed by atoms with Gasteiger partial charge in [-0.1, -0.05) is 6.58 Å². The molecule has 0 radical (unpaired) electrons. The van der Waals surface area contributed by atoms with Gasteiger partial charge in [0, 0.05) is 6.08 Å². The molecule has 0 aliphatic carbocycles. The fourth-order valence-electron chi connectivity index (χ4n) is 1.72. The zero-order valence-electron chi connectivity index (χ0n) is 17.3. The van der Waals surface area contributed by atoms with Crippen molar-refractivity contribution in [1.29, 1.82) is 0 Å². The molecule has 0 aromatic rings. The number of methoxy groups -OCH3 is 1. The fraction of sp³-hybridized carbons (Fsp3) is 0.789. The van der Waals surface area contributed by atoms with Gasteiger partial charge in [-0.25, -0.2) is 4.79 Å². The average Bonchev–Trinajstić information content (AvgIpc) is 2.74. The van der Waals surface area contributed by atoms with Crippen LogP contribution in [0.2, 0.25) is 0 Å². The van der Waals surface area contributed by atoms with Gasteiger partial charge in [0.2, 0.25) is 0 Å². The van der Waals surface area contributed by atoms with Crippen molar-refractivity contribution in [3.63, 3.8) is 0 Å². The van der Waals surface area contributed by atoms with Crippen molar-refractivity contribution in [2.24, 2.45) is 0 Å². The van der Waals surface area contributed by atoms with E-state index in [1.165, 1.54) is 7.11 Å². The number of rotatable bonds is 22. The number of hydrogen-bond donors (Lipinski definition) is 0. The van der Waals surface area contributed by atoms with Crippen LogP contribution in [0.4, 0.5) is 0 Å². The van der Waals surface area contributed by atoms with E-state index in [1.54, 1.807) is 0 Å². The Bertz CT molecular complexity index is 402. The topological polar surface area (TPSA) is 108 Å². The molecule has 170 valence electrons. The van der Waals surface area contributed by atoms with Crippen LogP contribution in [0.3, 0.4) is 0 Å². The van der Waals surface area contributed by atoms with Crippen LogP contribution in [-0.4, -0.2) is 105 Å². The molecular formula is C19H34O10. The van der Waals surface area contributed by atoms with Crippen molar-refractivity contribution in [2.75, 3.05) is 93.0 Å². The Morgan fingerprint density at radius 2 is 0.966 bits per heavy atom. The molecule has 0 rings (SSSR count). The third-order valence-electron chi connectivity index (χ3n) is 3.18. The van der Waals surface area contributed by atoms with Crippen molar-refractivity contribution in [1.82, 2.24) is 0 Å². The van der Waals surface area contributed by atoms with E-state index in [2.05, 4.69) is 11.3 Å². The van der Waals surface area contributed by atoms with E-state index in [9.17, 15) is 9.59 Å². The zero-order valence-corrected chi connectivity index (χ0v) is 17.3. The molecule has 10 heteroatoms. The molecule has 0 amide bonds. The Morgan fingerprint density at radius 3 is 1.31 bits per heavy atom. The summed E-state index contributed by atoms with van der Waals surface area (Å²) in [6.45, 7) is 8.71. The number of esters is 2. The lowest BCUT2D eigenvalue weighted by atomic mass is 10.5. The van der Waals surface area contributed by atoms with E-state index in [1.807, 2.05) is 0 Å². The molecule has 0 unspecified atom stereocenters. The molecule has 0 saturated carbocycles. The third kappa shape index (κ3) is 22.6. The molecule has 0 aliphatic heterocycles. The van der Waals surface area contributed by atoms with Gasteiger partial charge in [0.25, 0.3) is 0 Å². The van der Waals surface area contributed by atoms with Crippen molar-refractivity contribution < 1.29 is 47.5 Å². The Kier molecular flexibility index (Phi) is 21.5. The smallest absolute Gasteiger partial charge is 0.330 e. The summed E-state index contributed by atoms with van der Waals surface area (Å²) in [5, 5.41) is 0. The minimum Gasteiger partial charge on any atom is -0.469 e. The van der Waals surface area contributed by atoms with Gasteiger partial charge in [0.05, 0.1) is 92.8 Å². The van der Waals surface area contributed by atoms with Gasteiger partial charge in [-0.15, -0.1) is 0 Å². The quantitative estimate of drug-likeness (QED) is 0.138. The van der Waals surface area contributed by atoms with Crippen LogP contribution in [0.25, 0.3) is 0 Å². The van der Waals surface area contributed by atoms with Gasteiger partial charge in [-0.05, 0) is 0 Å². The molecule has 0 N–H and O–H groups in total. The molecule has 10 nitrogen and oxygen atoms in total. The molecule has 0 atom stereocenters. The number of hydrogen-bond acceptors (Lipinski definition) is 10. The second kappa shape index (κ2) is 22.7. The predicted octanol–water partition coefficient (Wildman–Crippen LogP) is 0.378. The van der Waals surface area contributed by atoms with E-state index in [4.69, 9.17) is 33.2 Å². The molecule has 0 aromatic heterocycles. The molecule has 0 heterocycles. The zero-order chi connectivity index (χ0) is 21.4. The predicted molar refractivity (Wildman–Crippen MR) is 103 cm³/mol. The van der Waals surface area contributed by atoms with Gasteiger partial charge in [0.15, 0.2) is 0 Å². The van der Waals surface area contributed by atoms with E-state index in [0.29, 0.717) is 79.3 Å². The summed E-state index contributed by atoms with van der Waals surface area (Å²) in [5.41, 5.74) is 0. The minimum absolute atomic E-state index is 0.198. The maximum atomic E-state index is 10.8. The monoisotopic (exact) mass is 422 g/mol. The van der Waals surface area contributed by atoms with Gasteiger partial charge >= 0.3 is 11.9 Å². The molecule has 0 spiro atoms. The maximum Gasteiger partial charge on any atom is 0.330 e. The van der Waals surface area contributed by atoms with Crippen LogP contribution in [0.1, 0.15) is 6.42 Å². The summed E-state index contributed by atoms with van der Waals surface area (Å²) in [6.07, 6.45) is 1.35. The number of carbonyl (C=O) groups excluding carboxylic acids is 2. The largest absolute Gasteiger partial charge is 0.469 e. The van der Waals surface area contributed by atoms with Crippen molar-refractivity contribution in [3.8, 4) is 0 Å². The second-order valence-corrected chi connectivity index (χ2v) is 5.37. The Labute approximate surface area is 172 Å². The van der Waals surface area contributed by atoms with Gasteiger partial charge in [-0.2, -0.15) is 0 Å².